The summed E-state index contributed by atoms with van der Waals surface area (Å²) in [6.45, 7) is 6.30. The first kappa shape index (κ1) is 17.2. The third kappa shape index (κ3) is 3.56. The number of nitrogens with zero attached hydrogens (tertiary/aromatic N) is 1. The molecule has 0 aliphatic rings. The summed E-state index contributed by atoms with van der Waals surface area (Å²) in [4.78, 5) is 26.4. The van der Waals surface area contributed by atoms with Crippen molar-refractivity contribution in [2.45, 2.75) is 27.3 Å². The van der Waals surface area contributed by atoms with Crippen LogP contribution in [-0.4, -0.2) is 10.5 Å². The highest BCUT2D eigenvalue weighted by Crippen LogP contribution is 2.18. The second-order valence-corrected chi connectivity index (χ2v) is 7.08. The molecule has 0 saturated heterocycles. The number of rotatable bonds is 4. The van der Waals surface area contributed by atoms with E-state index in [0.717, 1.165) is 16.9 Å². The van der Waals surface area contributed by atoms with Gasteiger partial charge in [0.1, 0.15) is 5.56 Å². The number of anilines is 1. The Balaban J connectivity index is 1.99. The number of amides is 1. The first-order chi connectivity index (χ1) is 12.0. The van der Waals surface area contributed by atoms with Gasteiger partial charge in [0, 0.05) is 28.0 Å². The number of hydrogen-bond donors (Lipinski definition) is 1. The minimum atomic E-state index is -0.364. The van der Waals surface area contributed by atoms with Crippen LogP contribution in [0.4, 0.5) is 5.69 Å². The summed E-state index contributed by atoms with van der Waals surface area (Å²) < 4.78 is 2.01. The van der Waals surface area contributed by atoms with E-state index in [1.54, 1.807) is 11.3 Å². The van der Waals surface area contributed by atoms with E-state index in [1.165, 1.54) is 10.9 Å². The zero-order valence-corrected chi connectivity index (χ0v) is 15.3. The highest BCUT2D eigenvalue weighted by atomic mass is 32.1. The van der Waals surface area contributed by atoms with Gasteiger partial charge >= 0.3 is 0 Å². The number of para-hydroxylation sites is 1. The first-order valence-electron chi connectivity index (χ1n) is 8.08. The number of hydrogen-bond acceptors (Lipinski definition) is 3. The Labute approximate surface area is 150 Å². The third-order valence-corrected chi connectivity index (χ3v) is 5.15. The molecule has 25 heavy (non-hydrogen) atoms. The van der Waals surface area contributed by atoms with E-state index in [9.17, 15) is 9.59 Å². The van der Waals surface area contributed by atoms with Gasteiger partial charge < -0.3 is 9.88 Å². The maximum absolute atomic E-state index is 12.8. The van der Waals surface area contributed by atoms with Gasteiger partial charge in [-0.1, -0.05) is 24.3 Å². The normalized spacial score (nSPS) is 10.7. The summed E-state index contributed by atoms with van der Waals surface area (Å²) in [6.07, 6.45) is 0. The van der Waals surface area contributed by atoms with Crippen molar-refractivity contribution in [1.82, 2.24) is 4.57 Å². The molecule has 1 aromatic carbocycles. The maximum Gasteiger partial charge on any atom is 0.261 e. The van der Waals surface area contributed by atoms with Gasteiger partial charge in [0.25, 0.3) is 5.91 Å². The number of nitrogens with one attached hydrogen (secondary N) is 1. The number of pyridine rings is 1. The Morgan fingerprint density at radius 1 is 1.12 bits per heavy atom. The van der Waals surface area contributed by atoms with Gasteiger partial charge in [-0.15, -0.1) is 11.3 Å². The minimum Gasteiger partial charge on any atom is -0.343 e. The van der Waals surface area contributed by atoms with Crippen LogP contribution < -0.4 is 10.7 Å². The monoisotopic (exact) mass is 352 g/mol. The standard InChI is InChI=1S/C20H20N2O2S/c1-13-7-4-5-9-17(13)21-20(24)19-15(3)22(14(2)11-18(19)23)12-16-8-6-10-25-16/h4-11H,12H2,1-3H3,(H,21,24). The van der Waals surface area contributed by atoms with Crippen LogP contribution in [0, 0.1) is 20.8 Å². The van der Waals surface area contributed by atoms with Crippen LogP contribution in [0.5, 0.6) is 0 Å². The second-order valence-electron chi connectivity index (χ2n) is 6.04. The summed E-state index contributed by atoms with van der Waals surface area (Å²) in [5.74, 6) is -0.364. The highest BCUT2D eigenvalue weighted by Gasteiger charge is 2.18. The molecule has 1 N–H and O–H groups in total. The molecule has 128 valence electrons. The first-order valence-corrected chi connectivity index (χ1v) is 8.95. The number of carbonyl (C=O) groups excluding carboxylic acids is 1. The summed E-state index contributed by atoms with van der Waals surface area (Å²) in [5, 5.41) is 4.89. The largest absolute Gasteiger partial charge is 0.343 e. The Morgan fingerprint density at radius 3 is 2.56 bits per heavy atom. The van der Waals surface area contributed by atoms with Crippen molar-refractivity contribution < 1.29 is 4.79 Å². The molecule has 0 aliphatic heterocycles. The van der Waals surface area contributed by atoms with Crippen LogP contribution in [0.3, 0.4) is 0 Å². The van der Waals surface area contributed by atoms with E-state index in [1.807, 2.05) is 61.1 Å². The molecule has 4 nitrogen and oxygen atoms in total. The molecule has 0 saturated carbocycles. The van der Waals surface area contributed by atoms with E-state index in [4.69, 9.17) is 0 Å². The lowest BCUT2D eigenvalue weighted by molar-refractivity contribution is 0.102. The smallest absolute Gasteiger partial charge is 0.261 e. The summed E-state index contributed by atoms with van der Waals surface area (Å²) in [7, 11) is 0. The second kappa shape index (κ2) is 7.07. The Kier molecular flexibility index (Phi) is 4.86. The van der Waals surface area contributed by atoms with Crippen LogP contribution in [0.25, 0.3) is 0 Å². The fraction of sp³-hybridized carbons (Fsp3) is 0.200. The van der Waals surface area contributed by atoms with Crippen molar-refractivity contribution in [3.05, 3.63) is 85.5 Å². The molecular weight excluding hydrogens is 332 g/mol. The molecule has 0 aliphatic carbocycles. The van der Waals surface area contributed by atoms with Crippen LogP contribution in [-0.2, 0) is 6.54 Å². The van der Waals surface area contributed by atoms with E-state index < -0.39 is 0 Å². The van der Waals surface area contributed by atoms with Crippen LogP contribution in [0.2, 0.25) is 0 Å². The number of aromatic nitrogens is 1. The molecule has 0 fully saturated rings. The van der Waals surface area contributed by atoms with Crippen molar-refractivity contribution in [3.63, 3.8) is 0 Å². The predicted octanol–water partition coefficient (Wildman–Crippen LogP) is 4.14. The van der Waals surface area contributed by atoms with Crippen molar-refractivity contribution in [2.24, 2.45) is 0 Å². The molecule has 3 aromatic rings. The molecule has 0 spiro atoms. The van der Waals surface area contributed by atoms with Crippen molar-refractivity contribution >= 4 is 22.9 Å². The van der Waals surface area contributed by atoms with Crippen molar-refractivity contribution in [2.75, 3.05) is 5.32 Å². The van der Waals surface area contributed by atoms with Gasteiger partial charge in [0.05, 0.1) is 6.54 Å². The van der Waals surface area contributed by atoms with Gasteiger partial charge in [0.15, 0.2) is 5.43 Å². The van der Waals surface area contributed by atoms with Crippen molar-refractivity contribution in [3.8, 4) is 0 Å². The molecule has 3 rings (SSSR count). The molecule has 0 atom stereocenters. The van der Waals surface area contributed by atoms with Gasteiger partial charge in [-0.3, -0.25) is 9.59 Å². The van der Waals surface area contributed by atoms with Crippen molar-refractivity contribution in [1.29, 1.82) is 0 Å². The number of thiophene rings is 1. The zero-order valence-electron chi connectivity index (χ0n) is 14.5. The quantitative estimate of drug-likeness (QED) is 0.767. The molecule has 1 amide bonds. The third-order valence-electron chi connectivity index (χ3n) is 4.29. The topological polar surface area (TPSA) is 51.1 Å². The fourth-order valence-electron chi connectivity index (χ4n) is 2.89. The zero-order chi connectivity index (χ0) is 18.0. The van der Waals surface area contributed by atoms with Gasteiger partial charge in [0.2, 0.25) is 0 Å². The molecule has 2 aromatic heterocycles. The minimum absolute atomic E-state index is 0.199. The molecule has 5 heteroatoms. The summed E-state index contributed by atoms with van der Waals surface area (Å²) in [5.41, 5.74) is 3.16. The maximum atomic E-state index is 12.8. The van der Waals surface area contributed by atoms with Gasteiger partial charge in [-0.05, 0) is 43.8 Å². The molecule has 0 bridgehead atoms. The van der Waals surface area contributed by atoms with E-state index in [2.05, 4.69) is 11.4 Å². The van der Waals surface area contributed by atoms with Gasteiger partial charge in [-0.2, -0.15) is 0 Å². The van der Waals surface area contributed by atoms with E-state index in [-0.39, 0.29) is 16.9 Å². The fourth-order valence-corrected chi connectivity index (χ4v) is 3.59. The predicted molar refractivity (Wildman–Crippen MR) is 103 cm³/mol. The Bertz CT molecular complexity index is 972. The summed E-state index contributed by atoms with van der Waals surface area (Å²) >= 11 is 1.66. The number of benzene rings is 1. The van der Waals surface area contributed by atoms with Crippen LogP contribution in [0.1, 0.15) is 32.2 Å². The lowest BCUT2D eigenvalue weighted by atomic mass is 10.1. The van der Waals surface area contributed by atoms with Crippen LogP contribution >= 0.6 is 11.3 Å². The number of carbonyl (C=O) groups is 1. The number of aryl methyl sites for hydroxylation is 2. The van der Waals surface area contributed by atoms with E-state index in [0.29, 0.717) is 12.2 Å². The SMILES string of the molecule is Cc1ccccc1NC(=O)c1c(C)n(Cc2cccs2)c(C)cc1=O. The average Bonchev–Trinajstić information content (AvgIpc) is 3.06. The van der Waals surface area contributed by atoms with Gasteiger partial charge in [-0.25, -0.2) is 0 Å². The summed E-state index contributed by atoms with van der Waals surface area (Å²) in [6, 6.07) is 13.1. The Hall–Kier alpha value is -2.66. The highest BCUT2D eigenvalue weighted by molar-refractivity contribution is 7.09. The molecule has 2 heterocycles. The average molecular weight is 352 g/mol. The molecule has 0 radical (unpaired) electrons. The van der Waals surface area contributed by atoms with E-state index >= 15 is 0 Å². The Morgan fingerprint density at radius 2 is 1.88 bits per heavy atom. The molecular formula is C20H20N2O2S. The van der Waals surface area contributed by atoms with Crippen LogP contribution in [0.15, 0.2) is 52.6 Å². The lowest BCUT2D eigenvalue weighted by Crippen LogP contribution is -2.27. The lowest BCUT2D eigenvalue weighted by Gasteiger charge is -2.17. The molecule has 0 unspecified atom stereocenters.